The molecule has 2 saturated heterocycles. The minimum Gasteiger partial charge on any atom is -0.497 e. The highest BCUT2D eigenvalue weighted by molar-refractivity contribution is 5.93. The summed E-state index contributed by atoms with van der Waals surface area (Å²) in [5, 5.41) is 0.957. The molecule has 268 valence electrons. The Bertz CT molecular complexity index is 1970. The van der Waals surface area contributed by atoms with Gasteiger partial charge in [0.05, 0.1) is 12.8 Å². The van der Waals surface area contributed by atoms with Crippen LogP contribution < -0.4 is 19.9 Å². The lowest BCUT2D eigenvalue weighted by molar-refractivity contribution is -0.146. The molecule has 0 bridgehead atoms. The van der Waals surface area contributed by atoms with Gasteiger partial charge in [0.15, 0.2) is 11.3 Å². The number of piperazine rings is 1. The van der Waals surface area contributed by atoms with E-state index in [-0.39, 0.29) is 60.0 Å². The summed E-state index contributed by atoms with van der Waals surface area (Å²) in [6, 6.07) is 8.84. The van der Waals surface area contributed by atoms with E-state index in [1.54, 1.807) is 60.9 Å². The Kier molecular flexibility index (Phi) is 9.31. The number of halogens is 3. The molecule has 0 saturated carbocycles. The summed E-state index contributed by atoms with van der Waals surface area (Å²) in [7, 11) is 3.39. The maximum absolute atomic E-state index is 15.0. The maximum Gasteiger partial charge on any atom is 0.450 e. The number of methoxy groups -OCH3 is 1. The number of carbonyl (C=O) groups is 1. The molecule has 3 atom stereocenters. The molecular formula is C35H42F3N7O5. The average Bonchev–Trinajstić information content (AvgIpc) is 3.46. The van der Waals surface area contributed by atoms with Crippen LogP contribution in [-0.4, -0.2) is 99.5 Å². The van der Waals surface area contributed by atoms with Crippen molar-refractivity contribution >= 4 is 33.7 Å². The lowest BCUT2D eigenvalue weighted by Crippen LogP contribution is -2.59. The van der Waals surface area contributed by atoms with Crippen molar-refractivity contribution in [2.24, 2.45) is 0 Å². The molecule has 15 heteroatoms. The first-order chi connectivity index (χ1) is 23.6. The number of alkyl halides is 3. The van der Waals surface area contributed by atoms with Gasteiger partial charge in [0.1, 0.15) is 23.5 Å². The third-order valence-corrected chi connectivity index (χ3v) is 9.12. The van der Waals surface area contributed by atoms with Crippen molar-refractivity contribution in [2.45, 2.75) is 77.4 Å². The van der Waals surface area contributed by atoms with Gasteiger partial charge < -0.3 is 28.9 Å². The molecule has 2 aromatic carbocycles. The normalized spacial score (nSPS) is 20.5. The highest BCUT2D eigenvalue weighted by Crippen LogP contribution is 2.36. The van der Waals surface area contributed by atoms with Gasteiger partial charge in [-0.2, -0.15) is 23.1 Å². The van der Waals surface area contributed by atoms with E-state index in [2.05, 4.69) is 19.9 Å². The number of aromatic nitrogens is 4. The summed E-state index contributed by atoms with van der Waals surface area (Å²) in [6.45, 7) is 10.5. The number of amides is 1. The Labute approximate surface area is 287 Å². The Morgan fingerprint density at radius 3 is 2.32 bits per heavy atom. The van der Waals surface area contributed by atoms with Crippen molar-refractivity contribution in [3.05, 3.63) is 52.6 Å². The minimum absolute atomic E-state index is 0.0128. The zero-order valence-corrected chi connectivity index (χ0v) is 29.2. The first-order valence-electron chi connectivity index (χ1n) is 16.6. The summed E-state index contributed by atoms with van der Waals surface area (Å²) in [6.07, 6.45) is -3.67. The number of likely N-dealkylation sites (tertiary alicyclic amines) is 1. The van der Waals surface area contributed by atoms with E-state index >= 15 is 13.2 Å². The van der Waals surface area contributed by atoms with Crippen molar-refractivity contribution in [2.75, 3.05) is 45.3 Å². The number of benzene rings is 2. The molecule has 4 heterocycles. The summed E-state index contributed by atoms with van der Waals surface area (Å²) >= 11 is 0. The van der Waals surface area contributed by atoms with Crippen molar-refractivity contribution in [3.63, 3.8) is 0 Å². The number of nitrogens with zero attached hydrogens (tertiary/aromatic N) is 7. The standard InChI is InChI=1S/C35H42F3N7O5/c1-20-17-43(33(47)50-34(3,4)5)18-21(2)44(20)29-27-28(40-32(41-29)49-19-23-12-10-14-42(23)6)30(46)45(31(39-27)35(36,37)38)26-16-24(48-7)15-22-11-8-9-13-25(22)26/h8-9,11,13,15-16,20-21,23H,10,12,14,17-19H2,1-7H3/t20-,21-,23-/m0/s1. The minimum atomic E-state index is -5.05. The van der Waals surface area contributed by atoms with Gasteiger partial charge >= 0.3 is 18.3 Å². The largest absolute Gasteiger partial charge is 0.497 e. The smallest absolute Gasteiger partial charge is 0.450 e. The van der Waals surface area contributed by atoms with Crippen LogP contribution in [0.2, 0.25) is 0 Å². The fourth-order valence-corrected chi connectivity index (χ4v) is 6.83. The van der Waals surface area contributed by atoms with Crippen LogP contribution in [0.3, 0.4) is 0 Å². The molecule has 0 aliphatic carbocycles. The Balaban J connectivity index is 1.56. The van der Waals surface area contributed by atoms with Crippen molar-refractivity contribution in [1.29, 1.82) is 0 Å². The van der Waals surface area contributed by atoms with Crippen LogP contribution in [0.4, 0.5) is 23.8 Å². The van der Waals surface area contributed by atoms with Gasteiger partial charge in [-0.15, -0.1) is 0 Å². The Morgan fingerprint density at radius 2 is 1.70 bits per heavy atom. The number of carbonyl (C=O) groups excluding carboxylic acids is 1. The van der Waals surface area contributed by atoms with E-state index < -0.39 is 41.3 Å². The molecule has 0 unspecified atom stereocenters. The lowest BCUT2D eigenvalue weighted by atomic mass is 10.1. The SMILES string of the molecule is COc1cc(-n2c(C(F)(F)F)nc3c(N4[C@@H](C)CN(C(=O)OC(C)(C)C)C[C@@H]4C)nc(OC[C@@H]4CCCN4C)nc3c2=O)c2ccccc2c1. The van der Waals surface area contributed by atoms with Crippen molar-refractivity contribution < 1.29 is 32.2 Å². The lowest BCUT2D eigenvalue weighted by Gasteiger charge is -2.45. The van der Waals surface area contributed by atoms with E-state index in [0.29, 0.717) is 15.3 Å². The van der Waals surface area contributed by atoms with Crippen molar-refractivity contribution in [1.82, 2.24) is 29.3 Å². The van der Waals surface area contributed by atoms with Crippen LogP contribution >= 0.6 is 0 Å². The molecular weight excluding hydrogens is 655 g/mol. The molecule has 2 aromatic heterocycles. The first-order valence-corrected chi connectivity index (χ1v) is 16.6. The second kappa shape index (κ2) is 13.2. The number of ether oxygens (including phenoxy) is 3. The van der Waals surface area contributed by atoms with Gasteiger partial charge in [0.25, 0.3) is 5.56 Å². The van der Waals surface area contributed by atoms with E-state index in [0.717, 1.165) is 19.4 Å². The molecule has 0 N–H and O–H groups in total. The summed E-state index contributed by atoms with van der Waals surface area (Å²) < 4.78 is 62.8. The van der Waals surface area contributed by atoms with Gasteiger partial charge in [-0.1, -0.05) is 24.3 Å². The van der Waals surface area contributed by atoms with E-state index in [1.807, 2.05) is 20.9 Å². The van der Waals surface area contributed by atoms with Crippen LogP contribution in [0.25, 0.3) is 27.5 Å². The second-order valence-electron chi connectivity index (χ2n) is 14.0. The Hall–Kier alpha value is -4.66. The van der Waals surface area contributed by atoms with Crippen LogP contribution in [0.5, 0.6) is 11.8 Å². The molecule has 2 fully saturated rings. The fourth-order valence-electron chi connectivity index (χ4n) is 6.83. The van der Waals surface area contributed by atoms with E-state index in [1.165, 1.54) is 13.2 Å². The topological polar surface area (TPSA) is 115 Å². The van der Waals surface area contributed by atoms with Gasteiger partial charge in [-0.25, -0.2) is 9.78 Å². The van der Waals surface area contributed by atoms with Gasteiger partial charge in [0.2, 0.25) is 5.82 Å². The predicted molar refractivity (Wildman–Crippen MR) is 182 cm³/mol. The molecule has 12 nitrogen and oxygen atoms in total. The fraction of sp³-hybridized carbons (Fsp3) is 0.514. The molecule has 1 amide bonds. The van der Waals surface area contributed by atoms with Gasteiger partial charge in [0, 0.05) is 42.7 Å². The predicted octanol–water partition coefficient (Wildman–Crippen LogP) is 5.66. The summed E-state index contributed by atoms with van der Waals surface area (Å²) in [5.41, 5.74) is -2.47. The molecule has 0 radical (unpaired) electrons. The van der Waals surface area contributed by atoms with Gasteiger partial charge in [-0.3, -0.25) is 9.36 Å². The number of hydrogen-bond acceptors (Lipinski definition) is 10. The number of hydrogen-bond donors (Lipinski definition) is 0. The molecule has 0 spiro atoms. The molecule has 50 heavy (non-hydrogen) atoms. The quantitative estimate of drug-likeness (QED) is 0.250. The van der Waals surface area contributed by atoms with Crippen molar-refractivity contribution in [3.8, 4) is 17.4 Å². The van der Waals surface area contributed by atoms with Crippen LogP contribution in [0.1, 0.15) is 53.3 Å². The summed E-state index contributed by atoms with van der Waals surface area (Å²) in [5.74, 6) is -1.16. The maximum atomic E-state index is 15.0. The molecule has 2 aliphatic rings. The highest BCUT2D eigenvalue weighted by atomic mass is 19.4. The third-order valence-electron chi connectivity index (χ3n) is 9.12. The number of fused-ring (bicyclic) bond motifs is 2. The highest BCUT2D eigenvalue weighted by Gasteiger charge is 2.41. The van der Waals surface area contributed by atoms with E-state index in [9.17, 15) is 9.59 Å². The van der Waals surface area contributed by atoms with Crippen LogP contribution in [0.15, 0.2) is 41.2 Å². The number of rotatable bonds is 6. The molecule has 6 rings (SSSR count). The summed E-state index contributed by atoms with van der Waals surface area (Å²) in [4.78, 5) is 46.2. The first kappa shape index (κ1) is 35.2. The second-order valence-corrected chi connectivity index (χ2v) is 14.0. The van der Waals surface area contributed by atoms with E-state index in [4.69, 9.17) is 14.2 Å². The van der Waals surface area contributed by atoms with Crippen LogP contribution in [0, 0.1) is 0 Å². The average molecular weight is 698 g/mol. The third kappa shape index (κ3) is 6.87. The zero-order chi connectivity index (χ0) is 36.1. The van der Waals surface area contributed by atoms with Crippen LogP contribution in [-0.2, 0) is 10.9 Å². The zero-order valence-electron chi connectivity index (χ0n) is 29.2. The molecule has 2 aliphatic heterocycles. The molecule has 4 aromatic rings. The Morgan fingerprint density at radius 1 is 1.00 bits per heavy atom. The number of anilines is 1. The van der Waals surface area contributed by atoms with Gasteiger partial charge in [-0.05, 0) is 72.5 Å². The monoisotopic (exact) mass is 697 g/mol. The number of likely N-dealkylation sites (N-methyl/N-ethyl adjacent to an activating group) is 1.